The van der Waals surface area contributed by atoms with Crippen molar-refractivity contribution in [1.82, 2.24) is 4.72 Å². The van der Waals surface area contributed by atoms with Gasteiger partial charge in [-0.3, -0.25) is 0 Å². The highest BCUT2D eigenvalue weighted by atomic mass is 79.9. The number of sulfonamides is 1. The Kier molecular flexibility index (Phi) is 5.23. The van der Waals surface area contributed by atoms with Crippen molar-refractivity contribution in [2.75, 3.05) is 5.73 Å². The molecule has 1 aliphatic rings. The molecule has 1 aromatic rings. The van der Waals surface area contributed by atoms with Crippen molar-refractivity contribution in [3.8, 4) is 0 Å². The van der Waals surface area contributed by atoms with E-state index in [0.717, 1.165) is 19.3 Å². The van der Waals surface area contributed by atoms with Gasteiger partial charge in [0.1, 0.15) is 0 Å². The molecule has 118 valence electrons. The van der Waals surface area contributed by atoms with Gasteiger partial charge in [0.25, 0.3) is 0 Å². The number of anilines is 1. The van der Waals surface area contributed by atoms with Gasteiger partial charge in [-0.1, -0.05) is 31.9 Å². The van der Waals surface area contributed by atoms with Crippen molar-refractivity contribution in [2.24, 2.45) is 11.8 Å². The minimum absolute atomic E-state index is 0.0351. The summed E-state index contributed by atoms with van der Waals surface area (Å²) in [6.45, 7) is 4.25. The third-order valence-electron chi connectivity index (χ3n) is 4.38. The zero-order chi connectivity index (χ0) is 15.8. The molecule has 21 heavy (non-hydrogen) atoms. The highest BCUT2D eigenvalue weighted by molar-refractivity contribution is 9.10. The van der Waals surface area contributed by atoms with Crippen molar-refractivity contribution in [1.29, 1.82) is 0 Å². The van der Waals surface area contributed by atoms with Crippen LogP contribution in [0.2, 0.25) is 5.02 Å². The van der Waals surface area contributed by atoms with Gasteiger partial charge in [-0.2, -0.15) is 0 Å². The lowest BCUT2D eigenvalue weighted by atomic mass is 9.94. The van der Waals surface area contributed by atoms with Gasteiger partial charge >= 0.3 is 0 Å². The van der Waals surface area contributed by atoms with Crippen LogP contribution in [0.15, 0.2) is 21.5 Å². The molecule has 3 atom stereocenters. The van der Waals surface area contributed by atoms with Crippen molar-refractivity contribution < 1.29 is 8.42 Å². The Morgan fingerprint density at radius 3 is 2.67 bits per heavy atom. The number of hydrogen-bond donors (Lipinski definition) is 2. The Morgan fingerprint density at radius 1 is 1.43 bits per heavy atom. The first-order chi connectivity index (χ1) is 9.76. The second-order valence-electron chi connectivity index (χ2n) is 5.64. The number of nitrogen functional groups attached to an aromatic ring is 1. The molecule has 1 fully saturated rings. The molecule has 0 heterocycles. The van der Waals surface area contributed by atoms with Gasteiger partial charge in [0.2, 0.25) is 10.0 Å². The largest absolute Gasteiger partial charge is 0.398 e. The maximum Gasteiger partial charge on any atom is 0.242 e. The summed E-state index contributed by atoms with van der Waals surface area (Å²) in [7, 11) is -3.65. The smallest absolute Gasteiger partial charge is 0.242 e. The number of benzene rings is 1. The van der Waals surface area contributed by atoms with Gasteiger partial charge in [-0.15, -0.1) is 0 Å². The van der Waals surface area contributed by atoms with E-state index >= 15 is 0 Å². The summed E-state index contributed by atoms with van der Waals surface area (Å²) < 4.78 is 28.4. The van der Waals surface area contributed by atoms with E-state index < -0.39 is 10.0 Å². The summed E-state index contributed by atoms with van der Waals surface area (Å²) >= 11 is 9.16. The normalized spacial score (nSPS) is 26.2. The standard InChI is InChI=1S/C14H20BrClN2O2S/c1-3-9-4-5-12(8(9)2)18-21(19,20)13-7-10(16)6-11(17)14(13)15/h6-9,12,18H,3-5,17H2,1-2H3. The van der Waals surface area contributed by atoms with Gasteiger partial charge < -0.3 is 5.73 Å². The maximum atomic E-state index is 12.6. The molecule has 0 radical (unpaired) electrons. The van der Waals surface area contributed by atoms with Crippen molar-refractivity contribution in [2.45, 2.75) is 44.0 Å². The molecule has 0 aromatic heterocycles. The Labute approximate surface area is 139 Å². The van der Waals surface area contributed by atoms with E-state index in [4.69, 9.17) is 17.3 Å². The third kappa shape index (κ3) is 3.55. The molecule has 0 saturated heterocycles. The highest BCUT2D eigenvalue weighted by Gasteiger charge is 2.35. The van der Waals surface area contributed by atoms with Gasteiger partial charge in [0.15, 0.2) is 0 Å². The average molecular weight is 396 g/mol. The number of rotatable bonds is 4. The zero-order valence-electron chi connectivity index (χ0n) is 12.1. The minimum Gasteiger partial charge on any atom is -0.398 e. The van der Waals surface area contributed by atoms with Gasteiger partial charge in [0.05, 0.1) is 9.37 Å². The molecule has 0 bridgehead atoms. The summed E-state index contributed by atoms with van der Waals surface area (Å²) in [6.07, 6.45) is 3.00. The lowest BCUT2D eigenvalue weighted by Crippen LogP contribution is -2.37. The Bertz CT molecular complexity index is 636. The quantitative estimate of drug-likeness (QED) is 0.762. The molecule has 3 N–H and O–H groups in total. The first-order valence-corrected chi connectivity index (χ1v) is 9.68. The van der Waals surface area contributed by atoms with Crippen LogP contribution in [0, 0.1) is 11.8 Å². The summed E-state index contributed by atoms with van der Waals surface area (Å²) in [6, 6.07) is 2.91. The molecule has 0 spiro atoms. The van der Waals surface area contributed by atoms with Crippen LogP contribution in [0.3, 0.4) is 0 Å². The van der Waals surface area contributed by atoms with E-state index in [9.17, 15) is 8.42 Å². The van der Waals surface area contributed by atoms with Gasteiger partial charge in [-0.05, 0) is 52.7 Å². The third-order valence-corrected chi connectivity index (χ3v) is 7.26. The second-order valence-corrected chi connectivity index (χ2v) is 8.55. The van der Waals surface area contributed by atoms with Crippen LogP contribution in [0.4, 0.5) is 5.69 Å². The molecular weight excluding hydrogens is 376 g/mol. The fourth-order valence-electron chi connectivity index (χ4n) is 3.03. The molecule has 0 amide bonds. The predicted molar refractivity (Wildman–Crippen MR) is 89.9 cm³/mol. The molecule has 1 saturated carbocycles. The van der Waals surface area contributed by atoms with Crippen LogP contribution in [0.25, 0.3) is 0 Å². The van der Waals surface area contributed by atoms with E-state index in [1.807, 2.05) is 0 Å². The van der Waals surface area contributed by atoms with Crippen LogP contribution in [0.5, 0.6) is 0 Å². The molecule has 3 unspecified atom stereocenters. The van der Waals surface area contributed by atoms with E-state index in [2.05, 4.69) is 34.5 Å². The molecule has 0 aliphatic heterocycles. The second kappa shape index (κ2) is 6.44. The van der Waals surface area contributed by atoms with Crippen molar-refractivity contribution in [3.63, 3.8) is 0 Å². The lowest BCUT2D eigenvalue weighted by Gasteiger charge is -2.21. The number of nitrogens with two attached hydrogens (primary N) is 1. The first-order valence-electron chi connectivity index (χ1n) is 7.03. The Morgan fingerprint density at radius 2 is 2.10 bits per heavy atom. The van der Waals surface area contributed by atoms with E-state index in [1.54, 1.807) is 0 Å². The Balaban J connectivity index is 2.28. The van der Waals surface area contributed by atoms with Gasteiger partial charge in [0, 0.05) is 16.8 Å². The molecule has 2 rings (SSSR count). The highest BCUT2D eigenvalue weighted by Crippen LogP contribution is 2.36. The fraction of sp³-hybridized carbons (Fsp3) is 0.571. The summed E-state index contributed by atoms with van der Waals surface area (Å²) in [5, 5.41) is 0.307. The first kappa shape index (κ1) is 17.1. The van der Waals surface area contributed by atoms with E-state index in [1.165, 1.54) is 12.1 Å². The monoisotopic (exact) mass is 394 g/mol. The van der Waals surface area contributed by atoms with E-state index in [-0.39, 0.29) is 10.9 Å². The zero-order valence-corrected chi connectivity index (χ0v) is 15.2. The maximum absolute atomic E-state index is 12.6. The summed E-state index contributed by atoms with van der Waals surface area (Å²) in [5.41, 5.74) is 6.09. The number of hydrogen-bond acceptors (Lipinski definition) is 3. The van der Waals surface area contributed by atoms with Crippen LogP contribution in [0.1, 0.15) is 33.1 Å². The fourth-order valence-corrected chi connectivity index (χ4v) is 5.69. The Hall–Kier alpha value is -0.300. The number of halogens is 2. The molecular formula is C14H20BrClN2O2S. The molecule has 4 nitrogen and oxygen atoms in total. The minimum atomic E-state index is -3.65. The molecule has 1 aliphatic carbocycles. The summed E-state index contributed by atoms with van der Waals surface area (Å²) in [4.78, 5) is 0.0969. The van der Waals surface area contributed by atoms with Crippen LogP contribution in [-0.4, -0.2) is 14.5 Å². The summed E-state index contributed by atoms with van der Waals surface area (Å²) in [5.74, 6) is 0.908. The van der Waals surface area contributed by atoms with Crippen molar-refractivity contribution in [3.05, 3.63) is 21.6 Å². The predicted octanol–water partition coefficient (Wildman–Crippen LogP) is 3.79. The lowest BCUT2D eigenvalue weighted by molar-refractivity contribution is 0.368. The van der Waals surface area contributed by atoms with Crippen molar-refractivity contribution >= 4 is 43.2 Å². The van der Waals surface area contributed by atoms with Crippen LogP contribution >= 0.6 is 27.5 Å². The van der Waals surface area contributed by atoms with E-state index in [0.29, 0.717) is 27.0 Å². The number of nitrogens with one attached hydrogen (secondary N) is 1. The van der Waals surface area contributed by atoms with Crippen LogP contribution < -0.4 is 10.5 Å². The molecule has 1 aromatic carbocycles. The topological polar surface area (TPSA) is 72.2 Å². The van der Waals surface area contributed by atoms with Crippen LogP contribution in [-0.2, 0) is 10.0 Å². The average Bonchev–Trinajstić information content (AvgIpc) is 2.74. The van der Waals surface area contributed by atoms with Gasteiger partial charge in [-0.25, -0.2) is 13.1 Å². The molecule has 7 heteroatoms. The SMILES string of the molecule is CCC1CCC(NS(=O)(=O)c2cc(Cl)cc(N)c2Br)C1C.